The molecule has 2 heterocycles. The van der Waals surface area contributed by atoms with Crippen molar-refractivity contribution in [2.45, 2.75) is 46.8 Å². The first-order valence-electron chi connectivity index (χ1n) is 6.97. The van der Waals surface area contributed by atoms with Crippen molar-refractivity contribution >= 4 is 11.2 Å². The third-order valence-electron chi connectivity index (χ3n) is 3.42. The number of imidazole rings is 1. The van der Waals surface area contributed by atoms with Crippen molar-refractivity contribution < 1.29 is 0 Å². The largest absolute Gasteiger partial charge is 0.332 e. The van der Waals surface area contributed by atoms with Gasteiger partial charge in [0.2, 0.25) is 0 Å². The predicted octanol–water partition coefficient (Wildman–Crippen LogP) is 0.0567. The molecule has 20 heavy (non-hydrogen) atoms. The third kappa shape index (κ3) is 2.07. The maximum Gasteiger partial charge on any atom is 0.332 e. The second-order valence-corrected chi connectivity index (χ2v) is 4.76. The van der Waals surface area contributed by atoms with Crippen molar-refractivity contribution in [3.05, 3.63) is 26.7 Å². The van der Waals surface area contributed by atoms with Gasteiger partial charge in [-0.05, 0) is 20.3 Å². The van der Waals surface area contributed by atoms with Crippen LogP contribution < -0.4 is 17.0 Å². The quantitative estimate of drug-likeness (QED) is 0.838. The molecule has 0 aliphatic rings. The number of aromatic nitrogens is 4. The number of hydrogen-bond donors (Lipinski definition) is 1. The molecule has 0 amide bonds. The summed E-state index contributed by atoms with van der Waals surface area (Å²) in [5.41, 5.74) is 5.86. The predicted molar refractivity (Wildman–Crippen MR) is 78.0 cm³/mol. The lowest BCUT2D eigenvalue weighted by Gasteiger charge is -2.10. The average molecular weight is 279 g/mol. The lowest BCUT2D eigenvalue weighted by Crippen LogP contribution is -2.42. The lowest BCUT2D eigenvalue weighted by molar-refractivity contribution is 0.564. The van der Waals surface area contributed by atoms with E-state index in [4.69, 9.17) is 5.73 Å². The monoisotopic (exact) mass is 279 g/mol. The lowest BCUT2D eigenvalue weighted by atomic mass is 10.4. The molecule has 2 aromatic heterocycles. The Balaban J connectivity index is 2.95. The molecule has 2 N–H and O–H groups in total. The molecule has 0 aliphatic carbocycles. The minimum atomic E-state index is -0.324. The van der Waals surface area contributed by atoms with E-state index in [1.54, 1.807) is 4.57 Å². The number of aryl methyl sites for hydroxylation is 3. The molecule has 0 saturated heterocycles. The maximum absolute atomic E-state index is 12.5. The van der Waals surface area contributed by atoms with Gasteiger partial charge in [0.1, 0.15) is 5.82 Å². The fourth-order valence-corrected chi connectivity index (χ4v) is 2.54. The van der Waals surface area contributed by atoms with Crippen molar-refractivity contribution in [3.63, 3.8) is 0 Å². The van der Waals surface area contributed by atoms with Crippen LogP contribution in [0.15, 0.2) is 9.59 Å². The number of hydrogen-bond acceptors (Lipinski definition) is 4. The summed E-state index contributed by atoms with van der Waals surface area (Å²) in [6, 6.07) is 0. The van der Waals surface area contributed by atoms with E-state index in [1.165, 1.54) is 4.57 Å². The van der Waals surface area contributed by atoms with Crippen LogP contribution >= 0.6 is 0 Å². The minimum Gasteiger partial charge on any atom is -0.329 e. The topological polar surface area (TPSA) is 87.8 Å². The highest BCUT2D eigenvalue weighted by Gasteiger charge is 2.18. The molecule has 0 radical (unpaired) electrons. The molecular formula is C13H21N5O2. The molecule has 2 rings (SSSR count). The summed E-state index contributed by atoms with van der Waals surface area (Å²) in [5, 5.41) is 0. The summed E-state index contributed by atoms with van der Waals surface area (Å²) >= 11 is 0. The summed E-state index contributed by atoms with van der Waals surface area (Å²) in [6.07, 6.45) is 0.799. The minimum absolute atomic E-state index is 0.227. The summed E-state index contributed by atoms with van der Waals surface area (Å²) in [5.74, 6) is 0.745. The highest BCUT2D eigenvalue weighted by Crippen LogP contribution is 2.11. The normalized spacial score (nSPS) is 11.4. The smallest absolute Gasteiger partial charge is 0.329 e. The molecular weight excluding hydrogens is 258 g/mol. The van der Waals surface area contributed by atoms with Crippen molar-refractivity contribution in [1.82, 2.24) is 18.7 Å². The molecule has 0 spiro atoms. The van der Waals surface area contributed by atoms with Gasteiger partial charge in [-0.2, -0.15) is 0 Å². The van der Waals surface area contributed by atoms with Gasteiger partial charge in [0, 0.05) is 26.2 Å². The number of nitrogens with zero attached hydrogens (tertiary/aromatic N) is 4. The van der Waals surface area contributed by atoms with Gasteiger partial charge in [0.05, 0.1) is 0 Å². The number of rotatable bonds is 5. The highest BCUT2D eigenvalue weighted by atomic mass is 16.2. The number of fused-ring (bicyclic) bond motifs is 1. The molecule has 7 nitrogen and oxygen atoms in total. The standard InChI is InChI=1S/C13H21N5O2/c1-4-7-17-11-10(16(5-2)9(3)15-11)12(19)18(8-6-14)13(17)20/h4-8,14H2,1-3H3. The Hall–Kier alpha value is -1.89. The van der Waals surface area contributed by atoms with E-state index in [1.807, 2.05) is 25.3 Å². The molecule has 2 aromatic rings. The van der Waals surface area contributed by atoms with E-state index in [-0.39, 0.29) is 24.3 Å². The van der Waals surface area contributed by atoms with Crippen molar-refractivity contribution in [3.8, 4) is 0 Å². The average Bonchev–Trinajstić information content (AvgIpc) is 2.76. The van der Waals surface area contributed by atoms with Crippen LogP contribution in [0.3, 0.4) is 0 Å². The fraction of sp³-hybridized carbons (Fsp3) is 0.615. The maximum atomic E-state index is 12.5. The van der Waals surface area contributed by atoms with Gasteiger partial charge in [-0.15, -0.1) is 0 Å². The van der Waals surface area contributed by atoms with E-state index >= 15 is 0 Å². The van der Waals surface area contributed by atoms with Gasteiger partial charge in [-0.25, -0.2) is 9.78 Å². The Morgan fingerprint density at radius 2 is 1.80 bits per heavy atom. The van der Waals surface area contributed by atoms with Crippen molar-refractivity contribution in [2.24, 2.45) is 5.73 Å². The SMILES string of the molecule is CCCn1c(=O)n(CCN)c(=O)c2c1nc(C)n2CC. The zero-order valence-corrected chi connectivity index (χ0v) is 12.2. The molecule has 0 aromatic carbocycles. The molecule has 0 saturated carbocycles. The van der Waals surface area contributed by atoms with Crippen LogP contribution in [0.25, 0.3) is 11.2 Å². The van der Waals surface area contributed by atoms with Gasteiger partial charge >= 0.3 is 5.69 Å². The molecule has 0 bridgehead atoms. The van der Waals surface area contributed by atoms with Crippen LogP contribution in [0, 0.1) is 6.92 Å². The van der Waals surface area contributed by atoms with Crippen LogP contribution in [0.5, 0.6) is 0 Å². The van der Waals surface area contributed by atoms with Gasteiger partial charge < -0.3 is 10.3 Å². The van der Waals surface area contributed by atoms with E-state index in [2.05, 4.69) is 4.98 Å². The summed E-state index contributed by atoms with van der Waals surface area (Å²) < 4.78 is 4.63. The first-order valence-corrected chi connectivity index (χ1v) is 6.97. The summed E-state index contributed by atoms with van der Waals surface area (Å²) in [6.45, 7) is 7.45. The van der Waals surface area contributed by atoms with Gasteiger partial charge in [0.25, 0.3) is 5.56 Å². The number of nitrogens with two attached hydrogens (primary N) is 1. The zero-order valence-electron chi connectivity index (χ0n) is 12.2. The van der Waals surface area contributed by atoms with E-state index in [0.29, 0.717) is 24.3 Å². The Labute approximate surface area is 116 Å². The van der Waals surface area contributed by atoms with Crippen LogP contribution in [-0.4, -0.2) is 25.2 Å². The highest BCUT2D eigenvalue weighted by molar-refractivity contribution is 5.71. The van der Waals surface area contributed by atoms with Gasteiger partial charge in [-0.1, -0.05) is 6.92 Å². The second kappa shape index (κ2) is 5.62. The molecule has 7 heteroatoms. The Morgan fingerprint density at radius 3 is 2.35 bits per heavy atom. The molecule has 0 unspecified atom stereocenters. The van der Waals surface area contributed by atoms with Gasteiger partial charge in [0.15, 0.2) is 11.2 Å². The second-order valence-electron chi connectivity index (χ2n) is 4.76. The van der Waals surface area contributed by atoms with Crippen LogP contribution in [0.2, 0.25) is 0 Å². The molecule has 110 valence electrons. The Morgan fingerprint density at radius 1 is 1.10 bits per heavy atom. The van der Waals surface area contributed by atoms with Crippen molar-refractivity contribution in [1.29, 1.82) is 0 Å². The molecule has 0 aliphatic heterocycles. The molecule has 0 fully saturated rings. The van der Waals surface area contributed by atoms with Crippen LogP contribution in [0.4, 0.5) is 0 Å². The summed E-state index contributed by atoms with van der Waals surface area (Å²) in [7, 11) is 0. The first-order chi connectivity index (χ1) is 9.56. The van der Waals surface area contributed by atoms with Crippen molar-refractivity contribution in [2.75, 3.05) is 6.54 Å². The van der Waals surface area contributed by atoms with E-state index in [9.17, 15) is 9.59 Å². The first kappa shape index (κ1) is 14.5. The van der Waals surface area contributed by atoms with Gasteiger partial charge in [-0.3, -0.25) is 13.9 Å². The fourth-order valence-electron chi connectivity index (χ4n) is 2.54. The molecule has 0 atom stereocenters. The zero-order chi connectivity index (χ0) is 14.9. The third-order valence-corrected chi connectivity index (χ3v) is 3.42. The van der Waals surface area contributed by atoms with Crippen LogP contribution in [-0.2, 0) is 19.6 Å². The van der Waals surface area contributed by atoms with E-state index in [0.717, 1.165) is 12.2 Å². The van der Waals surface area contributed by atoms with E-state index < -0.39 is 0 Å². The Bertz CT molecular complexity index is 738. The Kier molecular flexibility index (Phi) is 4.08. The summed E-state index contributed by atoms with van der Waals surface area (Å²) in [4.78, 5) is 29.3. The van der Waals surface area contributed by atoms with Crippen LogP contribution in [0.1, 0.15) is 26.1 Å².